The van der Waals surface area contributed by atoms with Crippen molar-refractivity contribution in [3.63, 3.8) is 0 Å². The Hall–Kier alpha value is -2.59. The first-order chi connectivity index (χ1) is 13.5. The standard InChI is InChI=1S/C24H22F3N/c25-24(26,27)22-9-5-8-21(17-22)23-10-3-4-14-28(23)15-13-18-11-12-19-6-1-2-7-20(19)16-18/h1-9,11-12,16-17,23H,10,13-15H2. The van der Waals surface area contributed by atoms with Crippen molar-refractivity contribution in [1.82, 2.24) is 4.90 Å². The fourth-order valence-corrected chi connectivity index (χ4v) is 3.89. The zero-order valence-electron chi connectivity index (χ0n) is 15.5. The van der Waals surface area contributed by atoms with Crippen molar-refractivity contribution in [2.45, 2.75) is 25.1 Å². The van der Waals surface area contributed by atoms with Crippen LogP contribution in [0.3, 0.4) is 0 Å². The lowest BCUT2D eigenvalue weighted by Gasteiger charge is -2.33. The summed E-state index contributed by atoms with van der Waals surface area (Å²) in [4.78, 5) is 2.27. The first-order valence-corrected chi connectivity index (χ1v) is 9.54. The predicted molar refractivity (Wildman–Crippen MR) is 107 cm³/mol. The van der Waals surface area contributed by atoms with Gasteiger partial charge in [-0.05, 0) is 46.9 Å². The van der Waals surface area contributed by atoms with Gasteiger partial charge in [0.15, 0.2) is 0 Å². The molecule has 0 bridgehead atoms. The van der Waals surface area contributed by atoms with Gasteiger partial charge < -0.3 is 0 Å². The Morgan fingerprint density at radius 3 is 2.50 bits per heavy atom. The molecule has 0 aromatic heterocycles. The lowest BCUT2D eigenvalue weighted by atomic mass is 9.96. The smallest absolute Gasteiger partial charge is 0.292 e. The van der Waals surface area contributed by atoms with E-state index in [1.165, 1.54) is 28.5 Å². The van der Waals surface area contributed by atoms with Crippen LogP contribution in [0.25, 0.3) is 10.8 Å². The highest BCUT2D eigenvalue weighted by atomic mass is 19.4. The van der Waals surface area contributed by atoms with E-state index < -0.39 is 11.7 Å². The molecule has 3 aromatic rings. The molecule has 0 amide bonds. The van der Waals surface area contributed by atoms with Crippen molar-refractivity contribution >= 4 is 10.8 Å². The van der Waals surface area contributed by atoms with Gasteiger partial charge in [-0.25, -0.2) is 0 Å². The zero-order chi connectivity index (χ0) is 19.6. The molecule has 1 aliphatic heterocycles. The summed E-state index contributed by atoms with van der Waals surface area (Å²) in [6.45, 7) is 1.57. The first kappa shape index (κ1) is 18.8. The summed E-state index contributed by atoms with van der Waals surface area (Å²) in [5.74, 6) is 0. The number of hydrogen-bond acceptors (Lipinski definition) is 1. The second-order valence-corrected chi connectivity index (χ2v) is 7.27. The molecule has 144 valence electrons. The van der Waals surface area contributed by atoms with E-state index in [9.17, 15) is 13.2 Å². The van der Waals surface area contributed by atoms with Gasteiger partial charge in [-0.1, -0.05) is 66.7 Å². The van der Waals surface area contributed by atoms with Crippen LogP contribution in [-0.4, -0.2) is 18.0 Å². The van der Waals surface area contributed by atoms with Gasteiger partial charge in [0.2, 0.25) is 0 Å². The van der Waals surface area contributed by atoms with E-state index in [4.69, 9.17) is 0 Å². The van der Waals surface area contributed by atoms with Gasteiger partial charge in [-0.2, -0.15) is 13.2 Å². The second-order valence-electron chi connectivity index (χ2n) is 7.27. The minimum atomic E-state index is -4.31. The molecule has 0 saturated heterocycles. The molecule has 0 radical (unpaired) electrons. The topological polar surface area (TPSA) is 3.24 Å². The van der Waals surface area contributed by atoms with Crippen molar-refractivity contribution in [1.29, 1.82) is 0 Å². The summed E-state index contributed by atoms with van der Waals surface area (Å²) in [7, 11) is 0. The van der Waals surface area contributed by atoms with Gasteiger partial charge in [-0.3, -0.25) is 4.90 Å². The van der Waals surface area contributed by atoms with Crippen molar-refractivity contribution < 1.29 is 13.2 Å². The largest absolute Gasteiger partial charge is 0.416 e. The molecule has 1 atom stereocenters. The Kier molecular flexibility index (Phi) is 5.23. The van der Waals surface area contributed by atoms with Crippen LogP contribution in [0.15, 0.2) is 78.9 Å². The summed E-state index contributed by atoms with van der Waals surface area (Å²) in [5.41, 5.74) is 1.41. The van der Waals surface area contributed by atoms with Crippen LogP contribution in [0.2, 0.25) is 0 Å². The molecular weight excluding hydrogens is 359 g/mol. The maximum atomic E-state index is 13.1. The monoisotopic (exact) mass is 381 g/mol. The molecule has 0 saturated carbocycles. The van der Waals surface area contributed by atoms with Gasteiger partial charge in [-0.15, -0.1) is 0 Å². The molecule has 1 unspecified atom stereocenters. The first-order valence-electron chi connectivity index (χ1n) is 9.54. The Balaban J connectivity index is 1.52. The van der Waals surface area contributed by atoms with E-state index in [-0.39, 0.29) is 6.04 Å². The molecule has 0 N–H and O–H groups in total. The van der Waals surface area contributed by atoms with E-state index in [1.807, 2.05) is 18.2 Å². The van der Waals surface area contributed by atoms with Gasteiger partial charge in [0, 0.05) is 19.1 Å². The minimum absolute atomic E-state index is 0.0206. The molecule has 4 rings (SSSR count). The van der Waals surface area contributed by atoms with Gasteiger partial charge in [0.1, 0.15) is 0 Å². The molecule has 3 aromatic carbocycles. The lowest BCUT2D eigenvalue weighted by Crippen LogP contribution is -2.33. The Labute approximate surface area is 163 Å². The van der Waals surface area contributed by atoms with Crippen LogP contribution in [0.5, 0.6) is 0 Å². The van der Waals surface area contributed by atoms with Crippen LogP contribution >= 0.6 is 0 Å². The molecule has 28 heavy (non-hydrogen) atoms. The van der Waals surface area contributed by atoms with Gasteiger partial charge in [0.25, 0.3) is 0 Å². The molecule has 1 nitrogen and oxygen atoms in total. The average molecular weight is 381 g/mol. The van der Waals surface area contributed by atoms with E-state index in [0.717, 1.165) is 37.6 Å². The average Bonchev–Trinajstić information content (AvgIpc) is 2.72. The fraction of sp³-hybridized carbons (Fsp3) is 0.250. The van der Waals surface area contributed by atoms with Crippen molar-refractivity contribution in [2.24, 2.45) is 0 Å². The zero-order valence-corrected chi connectivity index (χ0v) is 15.5. The van der Waals surface area contributed by atoms with Crippen LogP contribution < -0.4 is 0 Å². The molecule has 0 spiro atoms. The van der Waals surface area contributed by atoms with Crippen molar-refractivity contribution in [3.05, 3.63) is 95.6 Å². The van der Waals surface area contributed by atoms with E-state index in [1.54, 1.807) is 0 Å². The maximum absolute atomic E-state index is 13.1. The third-order valence-corrected chi connectivity index (χ3v) is 5.41. The summed E-state index contributed by atoms with van der Waals surface area (Å²) in [6, 6.07) is 20.5. The summed E-state index contributed by atoms with van der Waals surface area (Å²) < 4.78 is 39.3. The molecule has 1 heterocycles. The maximum Gasteiger partial charge on any atom is 0.416 e. The number of fused-ring (bicyclic) bond motifs is 1. The van der Waals surface area contributed by atoms with Crippen LogP contribution in [0.4, 0.5) is 13.2 Å². The third-order valence-electron chi connectivity index (χ3n) is 5.41. The van der Waals surface area contributed by atoms with E-state index >= 15 is 0 Å². The Morgan fingerprint density at radius 2 is 1.68 bits per heavy atom. The summed E-state index contributed by atoms with van der Waals surface area (Å²) in [6.07, 6.45) is 1.46. The van der Waals surface area contributed by atoms with E-state index in [2.05, 4.69) is 47.4 Å². The van der Waals surface area contributed by atoms with Crippen LogP contribution in [0, 0.1) is 0 Å². The number of alkyl halides is 3. The molecule has 4 heteroatoms. The van der Waals surface area contributed by atoms with Crippen LogP contribution in [-0.2, 0) is 12.6 Å². The highest BCUT2D eigenvalue weighted by Crippen LogP contribution is 2.34. The highest BCUT2D eigenvalue weighted by Gasteiger charge is 2.31. The predicted octanol–water partition coefficient (Wildman–Crippen LogP) is 6.40. The quantitative estimate of drug-likeness (QED) is 0.472. The number of rotatable bonds is 4. The lowest BCUT2D eigenvalue weighted by molar-refractivity contribution is -0.137. The fourth-order valence-electron chi connectivity index (χ4n) is 3.89. The summed E-state index contributed by atoms with van der Waals surface area (Å²) >= 11 is 0. The second kappa shape index (κ2) is 7.80. The summed E-state index contributed by atoms with van der Waals surface area (Å²) in [5, 5.41) is 2.43. The normalized spacial score (nSPS) is 17.9. The molecule has 0 aliphatic carbocycles. The third kappa shape index (κ3) is 4.12. The van der Waals surface area contributed by atoms with Crippen molar-refractivity contribution in [2.75, 3.05) is 13.1 Å². The van der Waals surface area contributed by atoms with Gasteiger partial charge in [0.05, 0.1) is 5.56 Å². The van der Waals surface area contributed by atoms with Gasteiger partial charge >= 0.3 is 6.18 Å². The number of halogens is 3. The molecule has 1 aliphatic rings. The highest BCUT2D eigenvalue weighted by molar-refractivity contribution is 5.82. The number of benzene rings is 3. The minimum Gasteiger partial charge on any atom is -0.292 e. The van der Waals surface area contributed by atoms with E-state index in [0.29, 0.717) is 0 Å². The number of hydrogen-bond donors (Lipinski definition) is 0. The Morgan fingerprint density at radius 1 is 0.857 bits per heavy atom. The Bertz CT molecular complexity index is 990. The molecular formula is C24H22F3N. The molecule has 0 fully saturated rings. The van der Waals surface area contributed by atoms with Crippen molar-refractivity contribution in [3.8, 4) is 0 Å². The number of nitrogens with zero attached hydrogens (tertiary/aromatic N) is 1. The van der Waals surface area contributed by atoms with Crippen LogP contribution in [0.1, 0.15) is 29.2 Å². The SMILES string of the molecule is FC(F)(F)c1cccc(C2CC=CCN2CCc2ccc3ccccc3c2)c1.